The Morgan fingerprint density at radius 1 is 1.05 bits per heavy atom. The number of halogens is 1. The number of benzene rings is 2. The molecule has 0 radical (unpaired) electrons. The largest absolute Gasteiger partial charge is 0.413 e. The number of amides is 2. The lowest BCUT2D eigenvalue weighted by molar-refractivity contribution is -0.144. The van der Waals surface area contributed by atoms with Crippen LogP contribution in [0.4, 0.5) is 5.69 Å². The third-order valence-corrected chi connectivity index (χ3v) is 14.1. The number of sulfonamides is 1. The van der Waals surface area contributed by atoms with Gasteiger partial charge in [-0.25, -0.2) is 12.7 Å². The van der Waals surface area contributed by atoms with Crippen LogP contribution >= 0.6 is 11.6 Å². The van der Waals surface area contributed by atoms with Crippen molar-refractivity contribution >= 4 is 47.4 Å². The maximum absolute atomic E-state index is 13.9. The molecule has 1 aliphatic heterocycles. The zero-order valence-corrected chi connectivity index (χ0v) is 25.3. The van der Waals surface area contributed by atoms with Gasteiger partial charge in [-0.3, -0.25) is 9.59 Å². The third-order valence-electron chi connectivity index (χ3n) is 7.54. The number of β-lactam (4-membered cyclic amide) rings is 1. The molecule has 2 aromatic carbocycles. The summed E-state index contributed by atoms with van der Waals surface area (Å²) in [5, 5.41) is 3.19. The molecule has 3 rings (SSSR count). The fraction of sp³-hybridized carbons (Fsp3) is 0.481. The number of hydrogen-bond acceptors (Lipinski definition) is 5. The van der Waals surface area contributed by atoms with E-state index in [-0.39, 0.29) is 21.5 Å². The van der Waals surface area contributed by atoms with Gasteiger partial charge in [0.1, 0.15) is 0 Å². The summed E-state index contributed by atoms with van der Waals surface area (Å²) in [5.41, 5.74) is 1.07. The van der Waals surface area contributed by atoms with Crippen LogP contribution in [-0.2, 0) is 24.0 Å². The Balaban J connectivity index is 1.95. The van der Waals surface area contributed by atoms with Crippen molar-refractivity contribution in [3.8, 4) is 0 Å². The fourth-order valence-corrected chi connectivity index (χ4v) is 7.24. The van der Waals surface area contributed by atoms with Crippen LogP contribution in [0, 0.1) is 18.8 Å². The van der Waals surface area contributed by atoms with E-state index in [1.54, 1.807) is 19.1 Å². The molecule has 10 heteroatoms. The maximum Gasteiger partial charge on any atom is 0.270 e. The molecule has 4 atom stereocenters. The molecule has 1 heterocycles. The molecule has 7 nitrogen and oxygen atoms in total. The SMILES string of the molecule is Cc1ccc(S(=O)(=O)N(C(=O)[C@@H](C)[C@H]2NC(=O)[C@@H]2[C@@H](C)O[Si](C)(C)C(C)(C)C)c2ccc(Cl)cc2)cc1. The summed E-state index contributed by atoms with van der Waals surface area (Å²) < 4.78 is 34.8. The molecule has 0 spiro atoms. The first-order chi connectivity index (χ1) is 17.0. The van der Waals surface area contributed by atoms with Gasteiger partial charge in [-0.05, 0) is 68.4 Å². The lowest BCUT2D eigenvalue weighted by Crippen LogP contribution is -2.67. The first-order valence-electron chi connectivity index (χ1n) is 12.4. The van der Waals surface area contributed by atoms with Crippen LogP contribution in [0.3, 0.4) is 0 Å². The van der Waals surface area contributed by atoms with E-state index in [9.17, 15) is 18.0 Å². The molecule has 1 saturated heterocycles. The number of rotatable bonds is 8. The number of carbonyl (C=O) groups is 2. The zero-order chi connectivity index (χ0) is 27.9. The van der Waals surface area contributed by atoms with Gasteiger partial charge in [0.15, 0.2) is 8.32 Å². The molecule has 37 heavy (non-hydrogen) atoms. The van der Waals surface area contributed by atoms with Crippen molar-refractivity contribution in [2.24, 2.45) is 11.8 Å². The maximum atomic E-state index is 13.9. The van der Waals surface area contributed by atoms with E-state index in [1.807, 2.05) is 13.8 Å². The quantitative estimate of drug-likeness (QED) is 0.336. The normalized spacial score (nSPS) is 20.0. The number of anilines is 1. The molecule has 0 aromatic heterocycles. The Bertz CT molecular complexity index is 1260. The first kappa shape index (κ1) is 29.4. The van der Waals surface area contributed by atoms with Gasteiger partial charge in [0.2, 0.25) is 11.8 Å². The van der Waals surface area contributed by atoms with Crippen LogP contribution < -0.4 is 9.62 Å². The van der Waals surface area contributed by atoms with E-state index in [4.69, 9.17) is 16.0 Å². The Morgan fingerprint density at radius 2 is 1.59 bits per heavy atom. The van der Waals surface area contributed by atoms with E-state index >= 15 is 0 Å². The van der Waals surface area contributed by atoms with Crippen LogP contribution in [0.1, 0.15) is 40.2 Å². The summed E-state index contributed by atoms with van der Waals surface area (Å²) in [6.45, 7) is 15.9. The van der Waals surface area contributed by atoms with Gasteiger partial charge in [-0.2, -0.15) is 0 Å². The molecular weight excluding hydrogens is 528 g/mol. The second-order valence-electron chi connectivity index (χ2n) is 11.3. The highest BCUT2D eigenvalue weighted by Gasteiger charge is 2.52. The van der Waals surface area contributed by atoms with Crippen LogP contribution in [0.15, 0.2) is 53.4 Å². The van der Waals surface area contributed by atoms with Crippen molar-refractivity contribution in [3.63, 3.8) is 0 Å². The van der Waals surface area contributed by atoms with Gasteiger partial charge in [-0.15, -0.1) is 0 Å². The van der Waals surface area contributed by atoms with E-state index in [0.29, 0.717) is 5.02 Å². The Kier molecular flexibility index (Phi) is 8.34. The Labute approximate surface area is 226 Å². The van der Waals surface area contributed by atoms with Gasteiger partial charge < -0.3 is 9.74 Å². The summed E-state index contributed by atoms with van der Waals surface area (Å²) in [7, 11) is -6.42. The van der Waals surface area contributed by atoms with E-state index in [0.717, 1.165) is 9.87 Å². The van der Waals surface area contributed by atoms with Crippen LogP contribution in [0.25, 0.3) is 0 Å². The lowest BCUT2D eigenvalue weighted by atomic mass is 9.78. The summed E-state index contributed by atoms with van der Waals surface area (Å²) in [5.74, 6) is -2.24. The predicted octanol–water partition coefficient (Wildman–Crippen LogP) is 5.53. The lowest BCUT2D eigenvalue weighted by Gasteiger charge is -2.47. The van der Waals surface area contributed by atoms with Gasteiger partial charge in [0.25, 0.3) is 10.0 Å². The number of hydrogen-bond donors (Lipinski definition) is 1. The highest BCUT2D eigenvalue weighted by Crippen LogP contribution is 2.40. The monoisotopic (exact) mass is 564 g/mol. The standard InChI is InChI=1S/C27H37ClN2O5SSi/c1-17-9-15-22(16-10-17)36(33,34)30(21-13-11-20(28)12-14-21)26(32)18(2)24-23(25(31)29-24)19(3)35-37(7,8)27(4,5)6/h9-16,18-19,23-24H,1-8H3,(H,29,31)/t18-,19+,23+,24+/m0/s1. The molecule has 0 unspecified atom stereocenters. The molecule has 0 aliphatic carbocycles. The molecule has 2 amide bonds. The van der Waals surface area contributed by atoms with Crippen LogP contribution in [-0.4, -0.2) is 40.7 Å². The molecular formula is C27H37ClN2O5SSi. The van der Waals surface area contributed by atoms with Gasteiger partial charge >= 0.3 is 0 Å². The first-order valence-corrected chi connectivity index (χ1v) is 17.1. The van der Waals surface area contributed by atoms with E-state index in [1.165, 1.54) is 36.4 Å². The average molecular weight is 565 g/mol. The topological polar surface area (TPSA) is 92.8 Å². The third kappa shape index (κ3) is 5.95. The summed E-state index contributed by atoms with van der Waals surface area (Å²) in [4.78, 5) is 26.5. The second kappa shape index (κ2) is 10.5. The summed E-state index contributed by atoms with van der Waals surface area (Å²) >= 11 is 6.03. The summed E-state index contributed by atoms with van der Waals surface area (Å²) in [6, 6.07) is 11.8. The van der Waals surface area contributed by atoms with Crippen LogP contribution in [0.2, 0.25) is 23.2 Å². The van der Waals surface area contributed by atoms with Crippen molar-refractivity contribution in [2.45, 2.75) is 76.7 Å². The number of nitrogens with one attached hydrogen (secondary N) is 1. The van der Waals surface area contributed by atoms with Crippen LogP contribution in [0.5, 0.6) is 0 Å². The molecule has 1 fully saturated rings. The van der Waals surface area contributed by atoms with E-state index in [2.05, 4.69) is 39.2 Å². The Hall–Kier alpha value is -2.20. The number of carbonyl (C=O) groups excluding carboxylic acids is 2. The summed E-state index contributed by atoms with van der Waals surface area (Å²) in [6.07, 6.45) is -0.424. The fourth-order valence-electron chi connectivity index (χ4n) is 4.19. The predicted molar refractivity (Wildman–Crippen MR) is 150 cm³/mol. The molecule has 0 saturated carbocycles. The second-order valence-corrected chi connectivity index (χ2v) is 18.3. The average Bonchev–Trinajstić information content (AvgIpc) is 2.77. The molecule has 1 aliphatic rings. The van der Waals surface area contributed by atoms with Crippen molar-refractivity contribution in [1.29, 1.82) is 0 Å². The molecule has 202 valence electrons. The van der Waals surface area contributed by atoms with Gasteiger partial charge in [-0.1, -0.05) is 57.0 Å². The molecule has 1 N–H and O–H groups in total. The number of aryl methyl sites for hydroxylation is 1. The molecule has 2 aromatic rings. The van der Waals surface area contributed by atoms with Crippen molar-refractivity contribution in [3.05, 3.63) is 59.1 Å². The highest BCUT2D eigenvalue weighted by atomic mass is 35.5. The highest BCUT2D eigenvalue weighted by molar-refractivity contribution is 7.93. The molecule has 0 bridgehead atoms. The minimum atomic E-state index is -4.24. The van der Waals surface area contributed by atoms with Crippen molar-refractivity contribution < 1.29 is 22.4 Å². The zero-order valence-electron chi connectivity index (χ0n) is 22.7. The Morgan fingerprint density at radius 3 is 2.08 bits per heavy atom. The van der Waals surface area contributed by atoms with Gasteiger partial charge in [0.05, 0.1) is 34.6 Å². The van der Waals surface area contributed by atoms with E-state index < -0.39 is 48.2 Å². The smallest absolute Gasteiger partial charge is 0.270 e. The van der Waals surface area contributed by atoms with Crippen molar-refractivity contribution in [2.75, 3.05) is 4.31 Å². The van der Waals surface area contributed by atoms with Gasteiger partial charge in [0, 0.05) is 5.02 Å². The minimum absolute atomic E-state index is 0.00239. The minimum Gasteiger partial charge on any atom is -0.413 e. The number of nitrogens with zero attached hydrogens (tertiary/aromatic N) is 1. The van der Waals surface area contributed by atoms with Crippen molar-refractivity contribution in [1.82, 2.24) is 5.32 Å².